The van der Waals surface area contributed by atoms with Gasteiger partial charge in [0.15, 0.2) is 0 Å². The van der Waals surface area contributed by atoms with E-state index < -0.39 is 5.97 Å². The normalized spacial score (nSPS) is 10.6. The lowest BCUT2D eigenvalue weighted by atomic mass is 10.2. The first kappa shape index (κ1) is 13.2. The zero-order valence-corrected chi connectivity index (χ0v) is 11.9. The highest BCUT2D eigenvalue weighted by atomic mass is 32.2. The highest BCUT2D eigenvalue weighted by Crippen LogP contribution is 2.29. The summed E-state index contributed by atoms with van der Waals surface area (Å²) in [6, 6.07) is 9.96. The van der Waals surface area contributed by atoms with Crippen LogP contribution in [0.25, 0.3) is 0 Å². The highest BCUT2D eigenvalue weighted by molar-refractivity contribution is 7.98. The van der Waals surface area contributed by atoms with Gasteiger partial charge in [0.05, 0.1) is 0 Å². The number of aryl methyl sites for hydroxylation is 2. The SMILES string of the molecule is Cc1ccc(C)c(SCc2ccc(C(=O)O)s2)c1. The number of carboxylic acids is 1. The summed E-state index contributed by atoms with van der Waals surface area (Å²) in [5.74, 6) is -0.0228. The van der Waals surface area contributed by atoms with Crippen molar-refractivity contribution in [2.45, 2.75) is 24.5 Å². The van der Waals surface area contributed by atoms with Crippen LogP contribution < -0.4 is 0 Å². The maximum absolute atomic E-state index is 10.8. The fourth-order valence-corrected chi connectivity index (χ4v) is 3.60. The molecule has 0 spiro atoms. The number of benzene rings is 1. The molecule has 0 radical (unpaired) electrons. The molecule has 2 nitrogen and oxygen atoms in total. The third kappa shape index (κ3) is 3.15. The molecule has 0 unspecified atom stereocenters. The first-order chi connectivity index (χ1) is 8.56. The average molecular weight is 278 g/mol. The molecule has 0 bridgehead atoms. The molecule has 1 aromatic carbocycles. The smallest absolute Gasteiger partial charge is 0.345 e. The molecule has 94 valence electrons. The highest BCUT2D eigenvalue weighted by Gasteiger charge is 2.07. The van der Waals surface area contributed by atoms with Gasteiger partial charge in [0.2, 0.25) is 0 Å². The van der Waals surface area contributed by atoms with E-state index in [0.29, 0.717) is 4.88 Å². The second-order valence-electron chi connectivity index (χ2n) is 4.13. The number of carbonyl (C=O) groups is 1. The Morgan fingerprint density at radius 1 is 1.28 bits per heavy atom. The third-order valence-electron chi connectivity index (χ3n) is 2.59. The number of thioether (sulfide) groups is 1. The summed E-state index contributed by atoms with van der Waals surface area (Å²) in [5, 5.41) is 8.87. The van der Waals surface area contributed by atoms with E-state index in [1.165, 1.54) is 27.4 Å². The predicted molar refractivity (Wildman–Crippen MR) is 76.8 cm³/mol. The summed E-state index contributed by atoms with van der Waals surface area (Å²) >= 11 is 3.11. The molecule has 1 aromatic heterocycles. The van der Waals surface area contributed by atoms with E-state index >= 15 is 0 Å². The van der Waals surface area contributed by atoms with Crippen LogP contribution in [0, 0.1) is 13.8 Å². The molecule has 0 saturated carbocycles. The number of hydrogen-bond acceptors (Lipinski definition) is 3. The Hall–Kier alpha value is -1.26. The summed E-state index contributed by atoms with van der Waals surface area (Å²) in [5.41, 5.74) is 2.51. The van der Waals surface area contributed by atoms with Crippen molar-refractivity contribution in [2.24, 2.45) is 0 Å². The van der Waals surface area contributed by atoms with Crippen LogP contribution in [0.3, 0.4) is 0 Å². The van der Waals surface area contributed by atoms with Crippen LogP contribution in [0.4, 0.5) is 0 Å². The maximum atomic E-state index is 10.8. The van der Waals surface area contributed by atoms with E-state index in [1.54, 1.807) is 17.8 Å². The van der Waals surface area contributed by atoms with Crippen LogP contribution >= 0.6 is 23.1 Å². The standard InChI is InChI=1S/C14H14O2S2/c1-9-3-4-10(2)13(7-9)17-8-11-5-6-12(18-11)14(15)16/h3-7H,8H2,1-2H3,(H,15,16). The van der Waals surface area contributed by atoms with Crippen molar-refractivity contribution in [3.05, 3.63) is 51.2 Å². The van der Waals surface area contributed by atoms with Crippen LogP contribution in [0.2, 0.25) is 0 Å². The number of carboxylic acid groups (broad SMARTS) is 1. The molecule has 1 heterocycles. The van der Waals surface area contributed by atoms with Crippen molar-refractivity contribution in [1.82, 2.24) is 0 Å². The van der Waals surface area contributed by atoms with Crippen molar-refractivity contribution in [3.63, 3.8) is 0 Å². The second kappa shape index (κ2) is 5.59. The lowest BCUT2D eigenvalue weighted by Gasteiger charge is -2.05. The van der Waals surface area contributed by atoms with Crippen LogP contribution in [-0.4, -0.2) is 11.1 Å². The zero-order valence-electron chi connectivity index (χ0n) is 10.3. The zero-order chi connectivity index (χ0) is 13.1. The predicted octanol–water partition coefficient (Wildman–Crippen LogP) is 4.36. The van der Waals surface area contributed by atoms with Gasteiger partial charge in [-0.2, -0.15) is 0 Å². The summed E-state index contributed by atoms with van der Waals surface area (Å²) in [7, 11) is 0. The molecule has 0 saturated heterocycles. The minimum absolute atomic E-state index is 0.409. The van der Waals surface area contributed by atoms with Crippen LogP contribution in [-0.2, 0) is 5.75 Å². The Morgan fingerprint density at radius 2 is 2.06 bits per heavy atom. The largest absolute Gasteiger partial charge is 0.477 e. The topological polar surface area (TPSA) is 37.3 Å². The van der Waals surface area contributed by atoms with Crippen molar-refractivity contribution in [2.75, 3.05) is 0 Å². The second-order valence-corrected chi connectivity index (χ2v) is 6.31. The first-order valence-electron chi connectivity index (χ1n) is 5.58. The van der Waals surface area contributed by atoms with Gasteiger partial charge in [0.25, 0.3) is 0 Å². The summed E-state index contributed by atoms with van der Waals surface area (Å²) < 4.78 is 0. The Kier molecular flexibility index (Phi) is 4.09. The molecule has 2 aromatic rings. The van der Waals surface area contributed by atoms with Gasteiger partial charge in [0.1, 0.15) is 4.88 Å². The van der Waals surface area contributed by atoms with Gasteiger partial charge in [-0.1, -0.05) is 17.7 Å². The molecule has 1 N–H and O–H groups in total. The fourth-order valence-electron chi connectivity index (χ4n) is 1.58. The van der Waals surface area contributed by atoms with Gasteiger partial charge in [-0.05, 0) is 37.6 Å². The van der Waals surface area contributed by atoms with Crippen molar-refractivity contribution < 1.29 is 9.90 Å². The quantitative estimate of drug-likeness (QED) is 0.845. The number of aromatic carboxylic acids is 1. The lowest BCUT2D eigenvalue weighted by molar-refractivity contribution is 0.0702. The molecular formula is C14H14O2S2. The number of hydrogen-bond donors (Lipinski definition) is 1. The minimum Gasteiger partial charge on any atom is -0.477 e. The van der Waals surface area contributed by atoms with E-state index in [1.807, 2.05) is 6.07 Å². The van der Waals surface area contributed by atoms with Gasteiger partial charge in [-0.15, -0.1) is 23.1 Å². The van der Waals surface area contributed by atoms with E-state index in [-0.39, 0.29) is 0 Å². The monoisotopic (exact) mass is 278 g/mol. The van der Waals surface area contributed by atoms with Gasteiger partial charge in [-0.25, -0.2) is 4.79 Å². The summed E-state index contributed by atoms with van der Waals surface area (Å²) in [6.07, 6.45) is 0. The average Bonchev–Trinajstić information content (AvgIpc) is 2.79. The van der Waals surface area contributed by atoms with Crippen LogP contribution in [0.1, 0.15) is 25.7 Å². The molecular weight excluding hydrogens is 264 g/mol. The van der Waals surface area contributed by atoms with Crippen molar-refractivity contribution in [1.29, 1.82) is 0 Å². The van der Waals surface area contributed by atoms with Crippen LogP contribution in [0.15, 0.2) is 35.2 Å². The van der Waals surface area contributed by atoms with Crippen molar-refractivity contribution >= 4 is 29.1 Å². The summed E-state index contributed by atoms with van der Waals surface area (Å²) in [4.78, 5) is 13.6. The molecule has 4 heteroatoms. The maximum Gasteiger partial charge on any atom is 0.345 e. The van der Waals surface area contributed by atoms with Gasteiger partial charge >= 0.3 is 5.97 Å². The van der Waals surface area contributed by atoms with Crippen LogP contribution in [0.5, 0.6) is 0 Å². The van der Waals surface area contributed by atoms with Crippen molar-refractivity contribution in [3.8, 4) is 0 Å². The van der Waals surface area contributed by atoms with Gasteiger partial charge < -0.3 is 5.11 Å². The van der Waals surface area contributed by atoms with E-state index in [9.17, 15) is 4.79 Å². The van der Waals surface area contributed by atoms with E-state index in [2.05, 4.69) is 32.0 Å². The summed E-state index contributed by atoms with van der Waals surface area (Å²) in [6.45, 7) is 4.18. The molecule has 0 fully saturated rings. The van der Waals surface area contributed by atoms with Gasteiger partial charge in [-0.3, -0.25) is 0 Å². The molecule has 2 rings (SSSR count). The number of thiophene rings is 1. The lowest BCUT2D eigenvalue weighted by Crippen LogP contribution is -1.89. The third-order valence-corrected chi connectivity index (χ3v) is 5.05. The fraction of sp³-hybridized carbons (Fsp3) is 0.214. The Bertz CT molecular complexity index is 573. The van der Waals surface area contributed by atoms with E-state index in [4.69, 9.17) is 5.11 Å². The van der Waals surface area contributed by atoms with E-state index in [0.717, 1.165) is 10.6 Å². The Labute approximate surface area is 115 Å². The first-order valence-corrected chi connectivity index (χ1v) is 7.38. The molecule has 0 aliphatic heterocycles. The molecule has 0 aliphatic rings. The molecule has 0 amide bonds. The molecule has 18 heavy (non-hydrogen) atoms. The molecule has 0 aliphatic carbocycles. The Balaban J connectivity index is 2.06. The number of rotatable bonds is 4. The minimum atomic E-state index is -0.844. The molecule has 0 atom stereocenters. The Morgan fingerprint density at radius 3 is 2.72 bits per heavy atom. The van der Waals surface area contributed by atoms with Gasteiger partial charge in [0, 0.05) is 15.5 Å².